The molecule has 53 heavy (non-hydrogen) atoms. The molecule has 312 valence electrons. The minimum atomic E-state index is -5.11. The van der Waals surface area contributed by atoms with E-state index in [2.05, 4.69) is 13.8 Å². The topological polar surface area (TPSA) is 210 Å². The van der Waals surface area contributed by atoms with E-state index in [4.69, 9.17) is 18.5 Å². The van der Waals surface area contributed by atoms with E-state index in [9.17, 15) is 44.6 Å². The van der Waals surface area contributed by atoms with Crippen molar-refractivity contribution in [2.45, 2.75) is 211 Å². The third-order valence-corrected chi connectivity index (χ3v) is 10.6. The standard InChI is InChI=1S/C39H73O13P/c1-3-5-7-9-11-13-14-15-16-17-18-20-22-24-26-28-33(41)51-31(29-49-32(40)27-25-23-21-19-12-10-8-6-4-2)30-50-53(47,48)52-39-37(45)35(43)34(42)36(44)38(39)46/h22,24,31,34-39,42-46H,3-21,23,25-30H2,1-2H3,(H,47,48)/b24-22+/t31-,34?,35+,36?,37?,38?,39?/m1/s1. The Labute approximate surface area is 318 Å². The van der Waals surface area contributed by atoms with E-state index < -0.39 is 75.7 Å². The zero-order valence-electron chi connectivity index (χ0n) is 32.6. The Morgan fingerprint density at radius 2 is 1.00 bits per heavy atom. The number of unbranched alkanes of at least 4 members (excludes halogenated alkanes) is 19. The summed E-state index contributed by atoms with van der Waals surface area (Å²) >= 11 is 0. The highest BCUT2D eigenvalue weighted by atomic mass is 31.2. The molecule has 8 atom stereocenters. The number of phosphoric acid groups is 1. The number of ether oxygens (including phenoxy) is 2. The molecule has 1 aliphatic rings. The number of phosphoric ester groups is 1. The summed E-state index contributed by atoms with van der Waals surface area (Å²) in [7, 11) is -5.11. The van der Waals surface area contributed by atoms with Crippen molar-refractivity contribution in [2.24, 2.45) is 0 Å². The van der Waals surface area contributed by atoms with E-state index in [1.54, 1.807) is 0 Å². The SMILES string of the molecule is CCCCCCCCCCCCC/C=C/CCC(=O)O[C@H](COC(=O)CCCCCCCCCCC)COP(=O)(O)OC1C(O)C(O)C(O)[C@H](O)C1O. The van der Waals surface area contributed by atoms with E-state index in [0.29, 0.717) is 12.8 Å². The molecule has 0 radical (unpaired) electrons. The van der Waals surface area contributed by atoms with Crippen molar-refractivity contribution < 1.29 is 63.1 Å². The van der Waals surface area contributed by atoms with E-state index >= 15 is 0 Å². The fraction of sp³-hybridized carbons (Fsp3) is 0.897. The third-order valence-electron chi connectivity index (χ3n) is 9.62. The van der Waals surface area contributed by atoms with Gasteiger partial charge < -0.3 is 39.9 Å². The summed E-state index contributed by atoms with van der Waals surface area (Å²) in [4.78, 5) is 35.4. The molecule has 6 N–H and O–H groups in total. The number of aliphatic hydroxyl groups excluding tert-OH is 5. The molecule has 1 rings (SSSR count). The molecule has 0 aromatic heterocycles. The number of esters is 2. The molecule has 14 heteroatoms. The second-order valence-electron chi connectivity index (χ2n) is 14.5. The van der Waals surface area contributed by atoms with Crippen molar-refractivity contribution in [3.63, 3.8) is 0 Å². The first-order valence-electron chi connectivity index (χ1n) is 20.5. The Morgan fingerprint density at radius 3 is 1.51 bits per heavy atom. The first-order valence-corrected chi connectivity index (χ1v) is 22.0. The Bertz CT molecular complexity index is 996. The average molecular weight is 781 g/mol. The maximum atomic E-state index is 12.7. The minimum absolute atomic E-state index is 0.0174. The van der Waals surface area contributed by atoms with Gasteiger partial charge >= 0.3 is 19.8 Å². The molecule has 0 spiro atoms. The minimum Gasteiger partial charge on any atom is -0.462 e. The lowest BCUT2D eigenvalue weighted by Crippen LogP contribution is -2.64. The third kappa shape index (κ3) is 24.0. The summed E-state index contributed by atoms with van der Waals surface area (Å²) in [6, 6.07) is 0. The highest BCUT2D eigenvalue weighted by Gasteiger charge is 2.51. The van der Waals surface area contributed by atoms with Gasteiger partial charge in [0, 0.05) is 12.8 Å². The van der Waals surface area contributed by atoms with Crippen molar-refractivity contribution in [2.75, 3.05) is 13.2 Å². The van der Waals surface area contributed by atoms with Crippen LogP contribution in [-0.4, -0.2) is 98.3 Å². The predicted octanol–water partition coefficient (Wildman–Crippen LogP) is 6.72. The largest absolute Gasteiger partial charge is 0.472 e. The van der Waals surface area contributed by atoms with Crippen LogP contribution in [0.2, 0.25) is 0 Å². The molecule has 13 nitrogen and oxygen atoms in total. The van der Waals surface area contributed by atoms with Crippen LogP contribution in [-0.2, 0) is 32.7 Å². The molecule has 0 aromatic rings. The first-order chi connectivity index (χ1) is 25.4. The van der Waals surface area contributed by atoms with Crippen LogP contribution < -0.4 is 0 Å². The summed E-state index contributed by atoms with van der Waals surface area (Å²) in [6.45, 7) is 3.22. The maximum absolute atomic E-state index is 12.7. The quantitative estimate of drug-likeness (QED) is 0.0177. The normalized spacial score (nSPS) is 23.5. The highest BCUT2D eigenvalue weighted by Crippen LogP contribution is 2.47. The van der Waals surface area contributed by atoms with Gasteiger partial charge in [-0.05, 0) is 25.7 Å². The van der Waals surface area contributed by atoms with Gasteiger partial charge in [-0.15, -0.1) is 0 Å². The van der Waals surface area contributed by atoms with Gasteiger partial charge in [0.2, 0.25) is 0 Å². The molecule has 1 saturated carbocycles. The summed E-state index contributed by atoms with van der Waals surface area (Å²) in [6.07, 6.45) is 15.9. The number of allylic oxidation sites excluding steroid dienone is 2. The second-order valence-corrected chi connectivity index (χ2v) is 15.9. The molecule has 6 unspecified atom stereocenters. The van der Waals surface area contributed by atoms with Crippen molar-refractivity contribution in [3.8, 4) is 0 Å². The van der Waals surface area contributed by atoms with Gasteiger partial charge in [0.15, 0.2) is 6.10 Å². The Hall–Kier alpha value is -1.41. The van der Waals surface area contributed by atoms with Gasteiger partial charge in [0.05, 0.1) is 6.61 Å². The van der Waals surface area contributed by atoms with Crippen LogP contribution in [0.15, 0.2) is 12.2 Å². The highest BCUT2D eigenvalue weighted by molar-refractivity contribution is 7.47. The number of carbonyl (C=O) groups is 2. The van der Waals surface area contributed by atoms with E-state index in [-0.39, 0.29) is 12.8 Å². The molecule has 1 aliphatic carbocycles. The lowest BCUT2D eigenvalue weighted by atomic mass is 9.85. The second kappa shape index (κ2) is 30.8. The lowest BCUT2D eigenvalue weighted by molar-refractivity contribution is -0.220. The van der Waals surface area contributed by atoms with Crippen LogP contribution >= 0.6 is 7.82 Å². The van der Waals surface area contributed by atoms with Gasteiger partial charge in [-0.25, -0.2) is 4.57 Å². The zero-order valence-corrected chi connectivity index (χ0v) is 33.5. The van der Waals surface area contributed by atoms with Crippen molar-refractivity contribution >= 4 is 19.8 Å². The maximum Gasteiger partial charge on any atom is 0.472 e. The van der Waals surface area contributed by atoms with Crippen LogP contribution in [0.3, 0.4) is 0 Å². The molecular weight excluding hydrogens is 707 g/mol. The predicted molar refractivity (Wildman–Crippen MR) is 203 cm³/mol. The average Bonchev–Trinajstić information content (AvgIpc) is 3.13. The van der Waals surface area contributed by atoms with Gasteiger partial charge in [0.1, 0.15) is 43.2 Å². The van der Waals surface area contributed by atoms with Crippen LogP contribution in [0.4, 0.5) is 0 Å². The summed E-state index contributed by atoms with van der Waals surface area (Å²) in [5.74, 6) is -1.15. The molecule has 0 saturated heterocycles. The van der Waals surface area contributed by atoms with Crippen LogP contribution in [0.5, 0.6) is 0 Å². The van der Waals surface area contributed by atoms with Crippen LogP contribution in [0, 0.1) is 0 Å². The molecule has 1 fully saturated rings. The fourth-order valence-corrected chi connectivity index (χ4v) is 7.22. The molecule has 0 aromatic carbocycles. The first kappa shape index (κ1) is 49.6. The number of hydrogen-bond acceptors (Lipinski definition) is 12. The monoisotopic (exact) mass is 780 g/mol. The molecule has 0 heterocycles. The van der Waals surface area contributed by atoms with Gasteiger partial charge in [-0.3, -0.25) is 18.6 Å². The molecule has 0 bridgehead atoms. The number of hydrogen-bond donors (Lipinski definition) is 6. The number of aliphatic hydroxyl groups is 5. The Balaban J connectivity index is 2.53. The summed E-state index contributed by atoms with van der Waals surface area (Å²) < 4.78 is 33.3. The van der Waals surface area contributed by atoms with Crippen molar-refractivity contribution in [1.82, 2.24) is 0 Å². The number of carbonyl (C=O) groups excluding carboxylic acids is 2. The Kier molecular flexibility index (Phi) is 28.8. The van der Waals surface area contributed by atoms with Gasteiger partial charge in [0.25, 0.3) is 0 Å². The van der Waals surface area contributed by atoms with Crippen molar-refractivity contribution in [1.29, 1.82) is 0 Å². The zero-order chi connectivity index (χ0) is 39.3. The van der Waals surface area contributed by atoms with E-state index in [1.165, 1.54) is 96.3 Å². The van der Waals surface area contributed by atoms with Crippen LogP contribution in [0.1, 0.15) is 168 Å². The fourth-order valence-electron chi connectivity index (χ4n) is 6.25. The van der Waals surface area contributed by atoms with Crippen molar-refractivity contribution in [3.05, 3.63) is 12.2 Å². The van der Waals surface area contributed by atoms with Gasteiger partial charge in [-0.2, -0.15) is 0 Å². The smallest absolute Gasteiger partial charge is 0.462 e. The number of rotatable bonds is 33. The summed E-state index contributed by atoms with van der Waals surface area (Å²) in [5, 5.41) is 49.9. The summed E-state index contributed by atoms with van der Waals surface area (Å²) in [5.41, 5.74) is 0. The molecule has 0 aliphatic heterocycles. The molecular formula is C39H73O13P. The van der Waals surface area contributed by atoms with E-state index in [1.807, 2.05) is 12.2 Å². The Morgan fingerprint density at radius 1 is 0.566 bits per heavy atom. The lowest BCUT2D eigenvalue weighted by Gasteiger charge is -2.41. The van der Waals surface area contributed by atoms with Crippen LogP contribution in [0.25, 0.3) is 0 Å². The molecule has 0 amide bonds. The van der Waals surface area contributed by atoms with E-state index in [0.717, 1.165) is 32.1 Å². The van der Waals surface area contributed by atoms with Gasteiger partial charge in [-0.1, -0.05) is 142 Å².